The van der Waals surface area contributed by atoms with E-state index < -0.39 is 11.5 Å². The minimum absolute atomic E-state index is 0.0338. The van der Waals surface area contributed by atoms with Crippen molar-refractivity contribution < 1.29 is 4.79 Å². The molecule has 0 aliphatic rings. The second kappa shape index (κ2) is 5.16. The van der Waals surface area contributed by atoms with Crippen molar-refractivity contribution in [3.05, 3.63) is 64.5 Å². The van der Waals surface area contributed by atoms with E-state index in [-0.39, 0.29) is 5.56 Å². The molecule has 2 heterocycles. The molecule has 1 amide bonds. The number of fused-ring (bicyclic) bond motifs is 1. The van der Waals surface area contributed by atoms with Gasteiger partial charge >= 0.3 is 0 Å². The van der Waals surface area contributed by atoms with Crippen LogP contribution in [-0.4, -0.2) is 20.9 Å². The fourth-order valence-corrected chi connectivity index (χ4v) is 2.04. The Morgan fingerprint density at radius 2 is 2.00 bits per heavy atom. The van der Waals surface area contributed by atoms with Gasteiger partial charge in [-0.05, 0) is 19.1 Å². The van der Waals surface area contributed by atoms with Crippen LogP contribution in [0.5, 0.6) is 0 Å². The van der Waals surface area contributed by atoms with Crippen molar-refractivity contribution in [3.8, 4) is 0 Å². The first-order chi connectivity index (χ1) is 10.1. The van der Waals surface area contributed by atoms with E-state index in [1.54, 1.807) is 19.2 Å². The summed E-state index contributed by atoms with van der Waals surface area (Å²) >= 11 is 0. The van der Waals surface area contributed by atoms with Crippen molar-refractivity contribution in [3.63, 3.8) is 0 Å². The standard InChI is InChI=1S/C15H12N4O2/c1-9-17-8-11(14(20)18-9)15(21)19-12-6-2-4-10-5-3-7-16-13(10)12/h2-8H,1H3,(H,19,21)(H,17,18,20). The molecule has 0 bridgehead atoms. The monoisotopic (exact) mass is 280 g/mol. The third kappa shape index (κ3) is 2.51. The number of nitrogens with one attached hydrogen (secondary N) is 2. The van der Waals surface area contributed by atoms with Crippen LogP contribution in [0.25, 0.3) is 10.9 Å². The Morgan fingerprint density at radius 1 is 1.19 bits per heavy atom. The maximum Gasteiger partial charge on any atom is 0.263 e. The van der Waals surface area contributed by atoms with Crippen LogP contribution in [0.3, 0.4) is 0 Å². The number of aryl methyl sites for hydroxylation is 1. The number of hydrogen-bond donors (Lipinski definition) is 2. The molecule has 0 spiro atoms. The van der Waals surface area contributed by atoms with Crippen molar-refractivity contribution in [2.24, 2.45) is 0 Å². The molecule has 3 rings (SSSR count). The topological polar surface area (TPSA) is 87.7 Å². The lowest BCUT2D eigenvalue weighted by Gasteiger charge is -2.07. The summed E-state index contributed by atoms with van der Waals surface area (Å²) in [7, 11) is 0. The minimum Gasteiger partial charge on any atom is -0.320 e. The van der Waals surface area contributed by atoms with Crippen LogP contribution in [0, 0.1) is 6.92 Å². The molecule has 21 heavy (non-hydrogen) atoms. The number of rotatable bonds is 2. The van der Waals surface area contributed by atoms with Gasteiger partial charge in [0.15, 0.2) is 0 Å². The number of pyridine rings is 1. The number of aromatic nitrogens is 3. The third-order valence-corrected chi connectivity index (χ3v) is 3.05. The van der Waals surface area contributed by atoms with Crippen LogP contribution in [0.15, 0.2) is 47.5 Å². The number of anilines is 1. The van der Waals surface area contributed by atoms with Gasteiger partial charge in [0.05, 0.1) is 11.2 Å². The fraction of sp³-hybridized carbons (Fsp3) is 0.0667. The Kier molecular flexibility index (Phi) is 3.19. The van der Waals surface area contributed by atoms with Gasteiger partial charge < -0.3 is 10.3 Å². The van der Waals surface area contributed by atoms with Gasteiger partial charge in [-0.1, -0.05) is 18.2 Å². The molecule has 1 aromatic carbocycles. The Labute approximate surface area is 119 Å². The molecule has 2 aromatic heterocycles. The van der Waals surface area contributed by atoms with Crippen LogP contribution in [-0.2, 0) is 0 Å². The summed E-state index contributed by atoms with van der Waals surface area (Å²) < 4.78 is 0. The molecule has 3 aromatic rings. The fourth-order valence-electron chi connectivity index (χ4n) is 2.04. The Morgan fingerprint density at radius 3 is 2.81 bits per heavy atom. The Hall–Kier alpha value is -3.02. The number of nitrogens with zero attached hydrogens (tertiary/aromatic N) is 2. The van der Waals surface area contributed by atoms with Gasteiger partial charge in [0.2, 0.25) is 0 Å². The number of H-pyrrole nitrogens is 1. The zero-order valence-electron chi connectivity index (χ0n) is 11.3. The van der Waals surface area contributed by atoms with Crippen molar-refractivity contribution >= 4 is 22.5 Å². The second-order valence-electron chi connectivity index (χ2n) is 4.55. The third-order valence-electron chi connectivity index (χ3n) is 3.05. The number of hydrogen-bond acceptors (Lipinski definition) is 4. The normalized spacial score (nSPS) is 10.5. The minimum atomic E-state index is -0.512. The van der Waals surface area contributed by atoms with Crippen LogP contribution in [0.4, 0.5) is 5.69 Å². The maximum absolute atomic E-state index is 12.2. The zero-order valence-corrected chi connectivity index (χ0v) is 11.3. The Balaban J connectivity index is 1.99. The van der Waals surface area contributed by atoms with Crippen LogP contribution in [0.2, 0.25) is 0 Å². The maximum atomic E-state index is 12.2. The smallest absolute Gasteiger partial charge is 0.263 e. The highest BCUT2D eigenvalue weighted by atomic mass is 16.2. The van der Waals surface area contributed by atoms with Gasteiger partial charge in [0.1, 0.15) is 11.4 Å². The lowest BCUT2D eigenvalue weighted by atomic mass is 10.2. The highest BCUT2D eigenvalue weighted by Crippen LogP contribution is 2.20. The van der Waals surface area contributed by atoms with Gasteiger partial charge in [-0.15, -0.1) is 0 Å². The number of aromatic amines is 1. The van der Waals surface area contributed by atoms with Crippen molar-refractivity contribution in [1.82, 2.24) is 15.0 Å². The van der Waals surface area contributed by atoms with Gasteiger partial charge in [0, 0.05) is 17.8 Å². The highest BCUT2D eigenvalue weighted by Gasteiger charge is 2.13. The van der Waals surface area contributed by atoms with Gasteiger partial charge in [-0.25, -0.2) is 4.98 Å². The molecule has 0 fully saturated rings. The first-order valence-corrected chi connectivity index (χ1v) is 6.36. The lowest BCUT2D eigenvalue weighted by Crippen LogP contribution is -2.24. The predicted molar refractivity (Wildman–Crippen MR) is 79.3 cm³/mol. The van der Waals surface area contributed by atoms with E-state index in [9.17, 15) is 9.59 Å². The SMILES string of the molecule is Cc1ncc(C(=O)Nc2cccc3cccnc23)c(=O)[nH]1. The molecular weight excluding hydrogens is 268 g/mol. The molecule has 0 saturated heterocycles. The predicted octanol–water partition coefficient (Wildman–Crippen LogP) is 1.88. The van der Waals surface area contributed by atoms with Crippen LogP contribution >= 0.6 is 0 Å². The summed E-state index contributed by atoms with van der Waals surface area (Å²) in [5.41, 5.74) is 0.727. The quantitative estimate of drug-likeness (QED) is 0.750. The molecule has 6 heteroatoms. The van der Waals surface area contributed by atoms with Crippen molar-refractivity contribution in [1.29, 1.82) is 0 Å². The summed E-state index contributed by atoms with van der Waals surface area (Å²) in [6.45, 7) is 1.65. The molecule has 104 valence electrons. The van der Waals surface area contributed by atoms with Crippen molar-refractivity contribution in [2.75, 3.05) is 5.32 Å². The molecule has 0 unspecified atom stereocenters. The van der Waals surface area contributed by atoms with Crippen molar-refractivity contribution in [2.45, 2.75) is 6.92 Å². The van der Waals surface area contributed by atoms with E-state index in [1.807, 2.05) is 24.3 Å². The van der Waals surface area contributed by atoms with E-state index in [0.29, 0.717) is 17.0 Å². The van der Waals surface area contributed by atoms with E-state index in [2.05, 4.69) is 20.3 Å². The molecule has 0 aliphatic heterocycles. The van der Waals surface area contributed by atoms with E-state index in [1.165, 1.54) is 6.20 Å². The number of carbonyl (C=O) groups excluding carboxylic acids is 1. The van der Waals surface area contributed by atoms with E-state index in [0.717, 1.165) is 5.39 Å². The molecule has 0 atom stereocenters. The second-order valence-corrected chi connectivity index (χ2v) is 4.55. The molecular formula is C15H12N4O2. The zero-order chi connectivity index (χ0) is 14.8. The number of carbonyl (C=O) groups is 1. The largest absolute Gasteiger partial charge is 0.320 e. The Bertz CT molecular complexity index is 881. The summed E-state index contributed by atoms with van der Waals surface area (Å²) in [4.78, 5) is 34.6. The number of para-hydroxylation sites is 1. The first kappa shape index (κ1) is 13.0. The molecule has 0 saturated carbocycles. The lowest BCUT2D eigenvalue weighted by molar-refractivity contribution is 0.102. The highest BCUT2D eigenvalue weighted by molar-refractivity contribution is 6.07. The first-order valence-electron chi connectivity index (χ1n) is 6.36. The van der Waals surface area contributed by atoms with Gasteiger partial charge in [0.25, 0.3) is 11.5 Å². The van der Waals surface area contributed by atoms with Gasteiger partial charge in [-0.3, -0.25) is 14.6 Å². The average Bonchev–Trinajstić information content (AvgIpc) is 2.47. The molecule has 0 aliphatic carbocycles. The summed E-state index contributed by atoms with van der Waals surface area (Å²) in [6.07, 6.45) is 2.92. The van der Waals surface area contributed by atoms with Crippen LogP contribution in [0.1, 0.15) is 16.2 Å². The molecule has 2 N–H and O–H groups in total. The van der Waals surface area contributed by atoms with Gasteiger partial charge in [-0.2, -0.15) is 0 Å². The molecule has 6 nitrogen and oxygen atoms in total. The van der Waals surface area contributed by atoms with Crippen LogP contribution < -0.4 is 10.9 Å². The van der Waals surface area contributed by atoms with E-state index in [4.69, 9.17) is 0 Å². The summed E-state index contributed by atoms with van der Waals surface area (Å²) in [6, 6.07) is 9.18. The summed E-state index contributed by atoms with van der Waals surface area (Å²) in [5.74, 6) is -0.0507. The average molecular weight is 280 g/mol. The summed E-state index contributed by atoms with van der Waals surface area (Å²) in [5, 5.41) is 3.61. The van der Waals surface area contributed by atoms with E-state index >= 15 is 0 Å². The molecule has 0 radical (unpaired) electrons. The number of amides is 1. The number of benzene rings is 1.